The van der Waals surface area contributed by atoms with E-state index in [9.17, 15) is 27.9 Å². The van der Waals surface area contributed by atoms with Crippen molar-refractivity contribution in [2.75, 3.05) is 13.2 Å². The highest BCUT2D eigenvalue weighted by Crippen LogP contribution is 2.29. The minimum atomic E-state index is -4.44. The SMILES string of the molecule is CC(C)(C)C(NC(=O)c1nn(Cc2ccc(C(F)(F)F)cc2)c2ccccc12)C(=O)NCC(O)CO. The van der Waals surface area contributed by atoms with Gasteiger partial charge in [-0.1, -0.05) is 51.1 Å². The summed E-state index contributed by atoms with van der Waals surface area (Å²) in [6.45, 7) is 4.73. The maximum Gasteiger partial charge on any atom is 0.416 e. The predicted molar refractivity (Wildman–Crippen MR) is 127 cm³/mol. The lowest BCUT2D eigenvalue weighted by Gasteiger charge is -2.30. The Bertz CT molecular complexity index is 1220. The van der Waals surface area contributed by atoms with Gasteiger partial charge in [0.2, 0.25) is 5.91 Å². The minimum Gasteiger partial charge on any atom is -0.394 e. The summed E-state index contributed by atoms with van der Waals surface area (Å²) in [5.41, 5.74) is -0.213. The molecule has 2 aromatic carbocycles. The molecule has 0 fully saturated rings. The van der Waals surface area contributed by atoms with Crippen molar-refractivity contribution in [1.82, 2.24) is 20.4 Å². The van der Waals surface area contributed by atoms with Gasteiger partial charge >= 0.3 is 6.18 Å². The number of hydrogen-bond donors (Lipinski definition) is 4. The molecule has 1 heterocycles. The molecular formula is C25H29F3N4O4. The molecule has 0 aliphatic rings. The van der Waals surface area contributed by atoms with E-state index in [0.29, 0.717) is 16.5 Å². The van der Waals surface area contributed by atoms with Gasteiger partial charge in [-0.25, -0.2) is 0 Å². The number of hydrogen-bond acceptors (Lipinski definition) is 5. The van der Waals surface area contributed by atoms with Gasteiger partial charge < -0.3 is 20.8 Å². The number of nitrogens with one attached hydrogen (secondary N) is 2. The van der Waals surface area contributed by atoms with Crippen LogP contribution in [-0.4, -0.2) is 57.1 Å². The van der Waals surface area contributed by atoms with E-state index in [-0.39, 0.29) is 18.8 Å². The van der Waals surface area contributed by atoms with Crippen LogP contribution in [0.2, 0.25) is 0 Å². The Morgan fingerprint density at radius 3 is 2.28 bits per heavy atom. The lowest BCUT2D eigenvalue weighted by Crippen LogP contribution is -2.54. The first-order valence-corrected chi connectivity index (χ1v) is 11.3. The van der Waals surface area contributed by atoms with Crippen molar-refractivity contribution in [3.05, 3.63) is 65.4 Å². The third kappa shape index (κ3) is 6.41. The molecule has 0 saturated carbocycles. The number of amides is 2. The number of rotatable bonds is 8. The van der Waals surface area contributed by atoms with E-state index < -0.39 is 47.7 Å². The molecule has 8 nitrogen and oxygen atoms in total. The summed E-state index contributed by atoms with van der Waals surface area (Å²) in [6, 6.07) is 10.7. The fraction of sp³-hybridized carbons (Fsp3) is 0.400. The van der Waals surface area contributed by atoms with Crippen molar-refractivity contribution in [3.63, 3.8) is 0 Å². The highest BCUT2D eigenvalue weighted by atomic mass is 19.4. The number of para-hydroxylation sites is 1. The standard InChI is InChI=1S/C25H29F3N4O4/c1-24(2,3)21(23(36)29-12-17(34)14-33)30-22(35)20-18-6-4-5-7-19(18)32(31-20)13-15-8-10-16(11-9-15)25(26,27)28/h4-11,17,21,33-34H,12-14H2,1-3H3,(H,29,36)(H,30,35). The van der Waals surface area contributed by atoms with E-state index in [4.69, 9.17) is 5.11 Å². The fourth-order valence-corrected chi connectivity index (χ4v) is 3.65. The van der Waals surface area contributed by atoms with Crippen molar-refractivity contribution in [2.45, 2.75) is 45.6 Å². The molecule has 11 heteroatoms. The summed E-state index contributed by atoms with van der Waals surface area (Å²) in [5.74, 6) is -1.13. The number of nitrogens with zero attached hydrogens (tertiary/aromatic N) is 2. The van der Waals surface area contributed by atoms with Crippen LogP contribution in [-0.2, 0) is 17.5 Å². The summed E-state index contributed by atoms with van der Waals surface area (Å²) in [6.07, 6.45) is -5.57. The number of fused-ring (bicyclic) bond motifs is 1. The van der Waals surface area contributed by atoms with E-state index in [1.165, 1.54) is 16.8 Å². The zero-order valence-corrected chi connectivity index (χ0v) is 20.1. The largest absolute Gasteiger partial charge is 0.416 e. The Balaban J connectivity index is 1.87. The molecule has 4 N–H and O–H groups in total. The summed E-state index contributed by atoms with van der Waals surface area (Å²) < 4.78 is 40.2. The number of aliphatic hydroxyl groups excluding tert-OH is 2. The normalized spacial score (nSPS) is 13.9. The summed E-state index contributed by atoms with van der Waals surface area (Å²) in [4.78, 5) is 26.0. The van der Waals surface area contributed by atoms with Gasteiger partial charge in [-0.3, -0.25) is 14.3 Å². The molecule has 3 aromatic rings. The number of halogens is 3. The van der Waals surface area contributed by atoms with Gasteiger partial charge in [0.15, 0.2) is 5.69 Å². The van der Waals surface area contributed by atoms with Crippen molar-refractivity contribution in [3.8, 4) is 0 Å². The minimum absolute atomic E-state index is 0.0648. The molecule has 2 unspecified atom stereocenters. The molecular weight excluding hydrogens is 477 g/mol. The van der Waals surface area contributed by atoms with Crippen molar-refractivity contribution < 1.29 is 33.0 Å². The Morgan fingerprint density at radius 1 is 1.06 bits per heavy atom. The molecule has 3 rings (SSSR count). The maximum atomic E-state index is 13.3. The van der Waals surface area contributed by atoms with Crippen molar-refractivity contribution in [2.24, 2.45) is 5.41 Å². The van der Waals surface area contributed by atoms with Crippen LogP contribution in [0.3, 0.4) is 0 Å². The van der Waals surface area contributed by atoms with E-state index in [1.54, 1.807) is 45.0 Å². The maximum absolute atomic E-state index is 13.3. The predicted octanol–water partition coefficient (Wildman–Crippen LogP) is 2.72. The Morgan fingerprint density at radius 2 is 1.69 bits per heavy atom. The average Bonchev–Trinajstić information content (AvgIpc) is 3.18. The van der Waals surface area contributed by atoms with Gasteiger partial charge in [0, 0.05) is 11.9 Å². The Kier molecular flexibility index (Phi) is 8.05. The molecule has 0 bridgehead atoms. The second-order valence-corrected chi connectivity index (χ2v) is 9.57. The molecule has 0 aliphatic heterocycles. The summed E-state index contributed by atoms with van der Waals surface area (Å²) in [7, 11) is 0. The molecule has 2 atom stereocenters. The number of benzene rings is 2. The molecule has 36 heavy (non-hydrogen) atoms. The lowest BCUT2D eigenvalue weighted by molar-refractivity contribution is -0.137. The molecule has 0 saturated heterocycles. The molecule has 0 aliphatic carbocycles. The van der Waals surface area contributed by atoms with E-state index in [2.05, 4.69) is 15.7 Å². The highest BCUT2D eigenvalue weighted by Gasteiger charge is 2.34. The zero-order valence-electron chi connectivity index (χ0n) is 20.1. The van der Waals surface area contributed by atoms with Crippen LogP contribution < -0.4 is 10.6 Å². The summed E-state index contributed by atoms with van der Waals surface area (Å²) >= 11 is 0. The number of aliphatic hydroxyl groups is 2. The van der Waals surface area contributed by atoms with Gasteiger partial charge in [-0.05, 0) is 29.2 Å². The van der Waals surface area contributed by atoms with Gasteiger partial charge in [0.1, 0.15) is 6.04 Å². The topological polar surface area (TPSA) is 116 Å². The number of carbonyl (C=O) groups is 2. The second-order valence-electron chi connectivity index (χ2n) is 9.57. The van der Waals surface area contributed by atoms with Crippen LogP contribution in [0, 0.1) is 5.41 Å². The molecule has 194 valence electrons. The van der Waals surface area contributed by atoms with Gasteiger partial charge in [-0.2, -0.15) is 18.3 Å². The fourth-order valence-electron chi connectivity index (χ4n) is 3.65. The van der Waals surface area contributed by atoms with Gasteiger partial charge in [-0.15, -0.1) is 0 Å². The van der Waals surface area contributed by atoms with Crippen molar-refractivity contribution in [1.29, 1.82) is 0 Å². The van der Waals surface area contributed by atoms with E-state index in [0.717, 1.165) is 12.1 Å². The monoisotopic (exact) mass is 506 g/mol. The third-order valence-corrected chi connectivity index (χ3v) is 5.61. The smallest absolute Gasteiger partial charge is 0.394 e. The molecule has 2 amide bonds. The first-order chi connectivity index (χ1) is 16.8. The molecule has 1 aromatic heterocycles. The van der Waals surface area contributed by atoms with Crippen LogP contribution in [0.4, 0.5) is 13.2 Å². The van der Waals surface area contributed by atoms with E-state index in [1.807, 2.05) is 0 Å². The number of alkyl halides is 3. The van der Waals surface area contributed by atoms with Crippen molar-refractivity contribution >= 4 is 22.7 Å². The van der Waals surface area contributed by atoms with Crippen LogP contribution in [0.15, 0.2) is 48.5 Å². The highest BCUT2D eigenvalue weighted by molar-refractivity contribution is 6.06. The number of carbonyl (C=O) groups excluding carboxylic acids is 2. The molecule has 0 radical (unpaired) electrons. The van der Waals surface area contributed by atoms with Crippen LogP contribution in [0.5, 0.6) is 0 Å². The van der Waals surface area contributed by atoms with Crippen LogP contribution in [0.1, 0.15) is 42.4 Å². The van der Waals surface area contributed by atoms with Gasteiger partial charge in [0.05, 0.1) is 30.3 Å². The number of aromatic nitrogens is 2. The molecule has 0 spiro atoms. The lowest BCUT2D eigenvalue weighted by atomic mass is 9.86. The second kappa shape index (κ2) is 10.7. The first kappa shape index (κ1) is 27.2. The quantitative estimate of drug-likeness (QED) is 0.375. The zero-order chi connectivity index (χ0) is 26.7. The van der Waals surface area contributed by atoms with Crippen LogP contribution in [0.25, 0.3) is 10.9 Å². The summed E-state index contributed by atoms with van der Waals surface area (Å²) in [5, 5.41) is 28.7. The Hall–Kier alpha value is -3.44. The first-order valence-electron chi connectivity index (χ1n) is 11.3. The Labute approximate surface area is 206 Å². The van der Waals surface area contributed by atoms with E-state index >= 15 is 0 Å². The third-order valence-electron chi connectivity index (χ3n) is 5.61. The average molecular weight is 507 g/mol. The van der Waals surface area contributed by atoms with Gasteiger partial charge in [0.25, 0.3) is 5.91 Å². The van der Waals surface area contributed by atoms with Crippen LogP contribution >= 0.6 is 0 Å².